The SMILES string of the molecule is C\C=C/C=N\C(=C\CCC)c1ccncc1. The molecule has 0 aromatic carbocycles. The molecule has 0 fully saturated rings. The summed E-state index contributed by atoms with van der Waals surface area (Å²) in [5, 5.41) is 0. The molecule has 1 aromatic rings. The zero-order chi connectivity index (χ0) is 11.6. The fraction of sp³-hybridized carbons (Fsp3) is 0.286. The number of pyridine rings is 1. The highest BCUT2D eigenvalue weighted by atomic mass is 14.7. The largest absolute Gasteiger partial charge is 0.265 e. The first-order chi connectivity index (χ1) is 7.88. The lowest BCUT2D eigenvalue weighted by Crippen LogP contribution is -1.83. The molecule has 2 heteroatoms. The first-order valence-electron chi connectivity index (χ1n) is 5.64. The molecule has 84 valence electrons. The summed E-state index contributed by atoms with van der Waals surface area (Å²) in [5.41, 5.74) is 2.13. The molecule has 2 nitrogen and oxygen atoms in total. The minimum atomic E-state index is 1.02. The maximum Gasteiger partial charge on any atom is 0.0663 e. The van der Waals surface area contributed by atoms with E-state index in [2.05, 4.69) is 23.0 Å². The van der Waals surface area contributed by atoms with Crippen LogP contribution in [-0.4, -0.2) is 11.2 Å². The van der Waals surface area contributed by atoms with Crippen molar-refractivity contribution in [2.24, 2.45) is 4.99 Å². The molecule has 0 bridgehead atoms. The van der Waals surface area contributed by atoms with Crippen molar-refractivity contribution in [3.63, 3.8) is 0 Å². The van der Waals surface area contributed by atoms with Gasteiger partial charge in [-0.25, -0.2) is 0 Å². The summed E-state index contributed by atoms with van der Waals surface area (Å²) < 4.78 is 0. The standard InChI is InChI=1S/C14H18N2/c1-3-5-7-14(16-10-6-4-2)13-8-11-15-12-9-13/h4,6-12H,3,5H2,1-2H3/b6-4-,14-7+,16-10-. The van der Waals surface area contributed by atoms with Crippen molar-refractivity contribution in [2.45, 2.75) is 26.7 Å². The lowest BCUT2D eigenvalue weighted by molar-refractivity contribution is 0.958. The summed E-state index contributed by atoms with van der Waals surface area (Å²) in [4.78, 5) is 8.45. The van der Waals surface area contributed by atoms with E-state index in [1.54, 1.807) is 12.4 Å². The average Bonchev–Trinajstić information content (AvgIpc) is 2.35. The minimum absolute atomic E-state index is 1.02. The van der Waals surface area contributed by atoms with E-state index >= 15 is 0 Å². The molecule has 0 N–H and O–H groups in total. The van der Waals surface area contributed by atoms with Gasteiger partial charge >= 0.3 is 0 Å². The van der Waals surface area contributed by atoms with E-state index in [1.807, 2.05) is 37.4 Å². The zero-order valence-corrected chi connectivity index (χ0v) is 9.93. The van der Waals surface area contributed by atoms with E-state index in [9.17, 15) is 0 Å². The van der Waals surface area contributed by atoms with Crippen molar-refractivity contribution in [2.75, 3.05) is 0 Å². The Kier molecular flexibility index (Phi) is 5.86. The molecule has 0 aliphatic rings. The van der Waals surface area contributed by atoms with Gasteiger partial charge in [0, 0.05) is 24.2 Å². The van der Waals surface area contributed by atoms with Gasteiger partial charge in [0.1, 0.15) is 0 Å². The first-order valence-corrected chi connectivity index (χ1v) is 5.64. The minimum Gasteiger partial charge on any atom is -0.265 e. The first kappa shape index (κ1) is 12.4. The maximum atomic E-state index is 4.44. The van der Waals surface area contributed by atoms with Crippen LogP contribution in [0.3, 0.4) is 0 Å². The molecule has 0 aliphatic carbocycles. The highest BCUT2D eigenvalue weighted by molar-refractivity contribution is 5.79. The molecule has 1 rings (SSSR count). The van der Waals surface area contributed by atoms with Crippen LogP contribution in [-0.2, 0) is 0 Å². The Morgan fingerprint density at radius 1 is 1.38 bits per heavy atom. The summed E-state index contributed by atoms with van der Waals surface area (Å²) in [5.74, 6) is 0. The maximum absolute atomic E-state index is 4.44. The van der Waals surface area contributed by atoms with Gasteiger partial charge in [0.15, 0.2) is 0 Å². The molecular weight excluding hydrogens is 196 g/mol. The van der Waals surface area contributed by atoms with Gasteiger partial charge in [-0.15, -0.1) is 0 Å². The predicted molar refractivity (Wildman–Crippen MR) is 70.4 cm³/mol. The van der Waals surface area contributed by atoms with Gasteiger partial charge < -0.3 is 0 Å². The zero-order valence-electron chi connectivity index (χ0n) is 9.93. The van der Waals surface area contributed by atoms with Crippen LogP contribution in [0.5, 0.6) is 0 Å². The van der Waals surface area contributed by atoms with Gasteiger partial charge in [-0.3, -0.25) is 9.98 Å². The lowest BCUT2D eigenvalue weighted by Gasteiger charge is -2.00. The summed E-state index contributed by atoms with van der Waals surface area (Å²) >= 11 is 0. The van der Waals surface area contributed by atoms with E-state index in [0.29, 0.717) is 0 Å². The summed E-state index contributed by atoms with van der Waals surface area (Å²) in [7, 11) is 0. The second-order valence-corrected chi connectivity index (χ2v) is 3.42. The third kappa shape index (κ3) is 4.22. The van der Waals surface area contributed by atoms with Gasteiger partial charge in [-0.05, 0) is 31.6 Å². The van der Waals surface area contributed by atoms with Gasteiger partial charge in [-0.2, -0.15) is 0 Å². The second kappa shape index (κ2) is 7.57. The van der Waals surface area contributed by atoms with Crippen molar-refractivity contribution in [3.8, 4) is 0 Å². The average molecular weight is 214 g/mol. The Balaban J connectivity index is 2.88. The Morgan fingerprint density at radius 2 is 2.12 bits per heavy atom. The lowest BCUT2D eigenvalue weighted by atomic mass is 10.1. The Morgan fingerprint density at radius 3 is 2.75 bits per heavy atom. The van der Waals surface area contributed by atoms with Crippen molar-refractivity contribution in [1.82, 2.24) is 4.98 Å². The molecule has 0 saturated carbocycles. The monoisotopic (exact) mass is 214 g/mol. The number of aliphatic imine (C=N–C) groups is 1. The van der Waals surface area contributed by atoms with E-state index in [1.165, 1.54) is 0 Å². The van der Waals surface area contributed by atoms with Crippen molar-refractivity contribution >= 4 is 11.9 Å². The van der Waals surface area contributed by atoms with Crippen molar-refractivity contribution < 1.29 is 0 Å². The highest BCUT2D eigenvalue weighted by Gasteiger charge is 1.96. The van der Waals surface area contributed by atoms with Crippen LogP contribution < -0.4 is 0 Å². The molecule has 0 unspecified atom stereocenters. The third-order valence-electron chi connectivity index (χ3n) is 2.09. The summed E-state index contributed by atoms with van der Waals surface area (Å²) in [6, 6.07) is 3.96. The van der Waals surface area contributed by atoms with Crippen LogP contribution >= 0.6 is 0 Å². The molecule has 0 amide bonds. The van der Waals surface area contributed by atoms with Gasteiger partial charge in [0.2, 0.25) is 0 Å². The fourth-order valence-corrected chi connectivity index (χ4v) is 1.26. The van der Waals surface area contributed by atoms with Crippen LogP contribution in [0.4, 0.5) is 0 Å². The molecule has 16 heavy (non-hydrogen) atoms. The van der Waals surface area contributed by atoms with Gasteiger partial charge in [-0.1, -0.05) is 25.5 Å². The topological polar surface area (TPSA) is 25.2 Å². The third-order valence-corrected chi connectivity index (χ3v) is 2.09. The number of hydrogen-bond donors (Lipinski definition) is 0. The predicted octanol–water partition coefficient (Wildman–Crippen LogP) is 3.87. The van der Waals surface area contributed by atoms with Crippen LogP contribution in [0.2, 0.25) is 0 Å². The van der Waals surface area contributed by atoms with E-state index < -0.39 is 0 Å². The van der Waals surface area contributed by atoms with E-state index in [0.717, 1.165) is 24.1 Å². The number of hydrogen-bond acceptors (Lipinski definition) is 2. The Labute approximate surface area is 97.5 Å². The molecule has 0 radical (unpaired) electrons. The molecule has 0 saturated heterocycles. The van der Waals surface area contributed by atoms with E-state index in [-0.39, 0.29) is 0 Å². The second-order valence-electron chi connectivity index (χ2n) is 3.42. The molecule has 0 spiro atoms. The summed E-state index contributed by atoms with van der Waals surface area (Å²) in [6.07, 6.45) is 13.6. The van der Waals surface area contributed by atoms with Crippen LogP contribution in [0.1, 0.15) is 32.3 Å². The molecule has 0 aliphatic heterocycles. The van der Waals surface area contributed by atoms with Crippen LogP contribution in [0, 0.1) is 0 Å². The summed E-state index contributed by atoms with van der Waals surface area (Å²) in [6.45, 7) is 4.14. The molecular formula is C14H18N2. The number of nitrogens with zero attached hydrogens (tertiary/aromatic N) is 2. The number of allylic oxidation sites excluding steroid dienone is 3. The van der Waals surface area contributed by atoms with Crippen LogP contribution in [0.15, 0.2) is 47.7 Å². The normalized spacial score (nSPS) is 12.8. The molecule has 1 heterocycles. The fourth-order valence-electron chi connectivity index (χ4n) is 1.26. The van der Waals surface area contributed by atoms with Crippen molar-refractivity contribution in [3.05, 3.63) is 48.3 Å². The van der Waals surface area contributed by atoms with Crippen molar-refractivity contribution in [1.29, 1.82) is 0 Å². The van der Waals surface area contributed by atoms with E-state index in [4.69, 9.17) is 0 Å². The quantitative estimate of drug-likeness (QED) is 0.683. The van der Waals surface area contributed by atoms with Gasteiger partial charge in [0.05, 0.1) is 5.70 Å². The Hall–Kier alpha value is -1.70. The Bertz CT molecular complexity index is 375. The van der Waals surface area contributed by atoms with Crippen LogP contribution in [0.25, 0.3) is 5.70 Å². The smallest absolute Gasteiger partial charge is 0.0663 e. The molecule has 0 atom stereocenters. The number of aromatic nitrogens is 1. The van der Waals surface area contributed by atoms with Gasteiger partial charge in [0.25, 0.3) is 0 Å². The number of rotatable bonds is 5. The highest BCUT2D eigenvalue weighted by Crippen LogP contribution is 2.15. The number of unbranched alkanes of at least 4 members (excludes halogenated alkanes) is 1. The molecule has 1 aromatic heterocycles.